The van der Waals surface area contributed by atoms with Crippen LogP contribution in [0.3, 0.4) is 0 Å². The van der Waals surface area contributed by atoms with Crippen molar-refractivity contribution in [1.29, 1.82) is 0 Å². The Morgan fingerprint density at radius 3 is 2.19 bits per heavy atom. The van der Waals surface area contributed by atoms with Crippen molar-refractivity contribution in [3.8, 4) is 0 Å². The van der Waals surface area contributed by atoms with Gasteiger partial charge < -0.3 is 14.6 Å². The van der Waals surface area contributed by atoms with Crippen molar-refractivity contribution in [3.05, 3.63) is 71.0 Å². The number of nitrogens with zero attached hydrogens (tertiary/aromatic N) is 1. The molecule has 0 aliphatic carbocycles. The SMILES string of the molecule is O=C([O-])N1C(=O)OC(c2ccc(F)cc2)C1Cc1ccc(C(F)(F)F)cc1. The van der Waals surface area contributed by atoms with Crippen molar-refractivity contribution in [2.24, 2.45) is 0 Å². The van der Waals surface area contributed by atoms with Crippen molar-refractivity contribution >= 4 is 12.2 Å². The molecule has 5 nitrogen and oxygen atoms in total. The number of alkyl halides is 3. The minimum Gasteiger partial charge on any atom is -0.529 e. The largest absolute Gasteiger partial charge is 0.529 e. The van der Waals surface area contributed by atoms with Gasteiger partial charge in [-0.05, 0) is 41.8 Å². The van der Waals surface area contributed by atoms with E-state index in [1.165, 1.54) is 24.3 Å². The highest BCUT2D eigenvalue weighted by atomic mass is 19.4. The topological polar surface area (TPSA) is 69.7 Å². The maximum Gasteiger partial charge on any atom is 0.416 e. The van der Waals surface area contributed by atoms with Gasteiger partial charge in [0.25, 0.3) is 0 Å². The second-order valence-electron chi connectivity index (χ2n) is 5.96. The van der Waals surface area contributed by atoms with E-state index in [1.54, 1.807) is 0 Å². The summed E-state index contributed by atoms with van der Waals surface area (Å²) in [5.74, 6) is -0.529. The van der Waals surface area contributed by atoms with Gasteiger partial charge >= 0.3 is 12.3 Å². The van der Waals surface area contributed by atoms with Gasteiger partial charge in [0, 0.05) is 0 Å². The quantitative estimate of drug-likeness (QED) is 0.764. The van der Waals surface area contributed by atoms with E-state index in [0.717, 1.165) is 24.3 Å². The number of cyclic esters (lactones) is 1. The third-order valence-corrected chi connectivity index (χ3v) is 4.23. The number of ether oxygens (including phenoxy) is 1. The molecule has 1 aliphatic rings. The molecule has 0 N–H and O–H groups in total. The molecule has 2 atom stereocenters. The monoisotopic (exact) mass is 382 g/mol. The molecule has 1 heterocycles. The highest BCUT2D eigenvalue weighted by molar-refractivity contribution is 5.88. The molecular formula is C18H12F4NO4-. The predicted octanol–water partition coefficient (Wildman–Crippen LogP) is 3.29. The number of amides is 2. The van der Waals surface area contributed by atoms with Gasteiger partial charge in [-0.3, -0.25) is 4.90 Å². The second kappa shape index (κ2) is 6.90. The molecule has 0 spiro atoms. The summed E-state index contributed by atoms with van der Waals surface area (Å²) >= 11 is 0. The van der Waals surface area contributed by atoms with E-state index in [2.05, 4.69) is 0 Å². The highest BCUT2D eigenvalue weighted by Crippen LogP contribution is 2.35. The van der Waals surface area contributed by atoms with Crippen LogP contribution in [0.25, 0.3) is 0 Å². The van der Waals surface area contributed by atoms with Crippen molar-refractivity contribution in [1.82, 2.24) is 4.90 Å². The predicted molar refractivity (Wildman–Crippen MR) is 81.8 cm³/mol. The van der Waals surface area contributed by atoms with Gasteiger partial charge in [0.05, 0.1) is 11.6 Å². The number of imide groups is 1. The number of benzene rings is 2. The number of halogens is 4. The highest BCUT2D eigenvalue weighted by Gasteiger charge is 2.43. The molecule has 0 saturated carbocycles. The molecule has 2 aromatic rings. The third kappa shape index (κ3) is 3.86. The van der Waals surface area contributed by atoms with E-state index in [1.807, 2.05) is 0 Å². The van der Waals surface area contributed by atoms with Crippen LogP contribution in [0.2, 0.25) is 0 Å². The van der Waals surface area contributed by atoms with Gasteiger partial charge in [-0.15, -0.1) is 0 Å². The molecule has 1 fully saturated rings. The van der Waals surface area contributed by atoms with E-state index in [-0.39, 0.29) is 6.42 Å². The van der Waals surface area contributed by atoms with E-state index < -0.39 is 41.9 Å². The summed E-state index contributed by atoms with van der Waals surface area (Å²) in [6.07, 6.45) is -8.58. The summed E-state index contributed by atoms with van der Waals surface area (Å²) in [5.41, 5.74) is -0.132. The maximum atomic E-state index is 13.1. The number of rotatable bonds is 3. The Morgan fingerprint density at radius 1 is 1.07 bits per heavy atom. The first kappa shape index (κ1) is 18.7. The van der Waals surface area contributed by atoms with E-state index in [9.17, 15) is 32.3 Å². The van der Waals surface area contributed by atoms with Crippen molar-refractivity contribution in [2.45, 2.75) is 24.7 Å². The number of carboxylic acid groups (broad SMARTS) is 1. The first-order valence-corrected chi connectivity index (χ1v) is 7.79. The van der Waals surface area contributed by atoms with Crippen LogP contribution >= 0.6 is 0 Å². The Labute approximate surface area is 150 Å². The van der Waals surface area contributed by atoms with Gasteiger partial charge in [-0.1, -0.05) is 24.3 Å². The zero-order valence-electron chi connectivity index (χ0n) is 13.6. The fraction of sp³-hybridized carbons (Fsp3) is 0.222. The van der Waals surface area contributed by atoms with Crippen LogP contribution in [-0.2, 0) is 17.3 Å². The van der Waals surface area contributed by atoms with Crippen LogP contribution in [-0.4, -0.2) is 23.1 Å². The lowest BCUT2D eigenvalue weighted by Crippen LogP contribution is -2.47. The van der Waals surface area contributed by atoms with Gasteiger partial charge in [0.2, 0.25) is 0 Å². The summed E-state index contributed by atoms with van der Waals surface area (Å²) in [7, 11) is 0. The lowest BCUT2D eigenvalue weighted by molar-refractivity contribution is -0.262. The smallest absolute Gasteiger partial charge is 0.416 e. The van der Waals surface area contributed by atoms with Crippen LogP contribution in [0.5, 0.6) is 0 Å². The minimum absolute atomic E-state index is 0.0973. The first-order valence-electron chi connectivity index (χ1n) is 7.79. The van der Waals surface area contributed by atoms with Gasteiger partial charge in [0.15, 0.2) is 0 Å². The standard InChI is InChI=1S/C18H13F4NO4/c19-13-7-3-11(4-8-13)15-14(23(16(24)25)17(26)27-15)9-10-1-5-12(6-2-10)18(20,21)22/h1-8,14-15H,9H2,(H,24,25)/p-1. The molecule has 1 aliphatic heterocycles. The van der Waals surface area contributed by atoms with Crippen LogP contribution in [0.4, 0.5) is 27.2 Å². The molecule has 2 aromatic carbocycles. The summed E-state index contributed by atoms with van der Waals surface area (Å²) in [5, 5.41) is 11.3. The summed E-state index contributed by atoms with van der Waals surface area (Å²) in [6, 6.07) is 7.98. The molecule has 142 valence electrons. The zero-order chi connectivity index (χ0) is 19.8. The van der Waals surface area contributed by atoms with Crippen LogP contribution < -0.4 is 5.11 Å². The Bertz CT molecular complexity index is 849. The van der Waals surface area contributed by atoms with Crippen LogP contribution in [0, 0.1) is 5.82 Å². The van der Waals surface area contributed by atoms with E-state index >= 15 is 0 Å². The average molecular weight is 382 g/mol. The summed E-state index contributed by atoms with van der Waals surface area (Å²) in [4.78, 5) is 23.6. The van der Waals surface area contributed by atoms with Crippen LogP contribution in [0.1, 0.15) is 22.8 Å². The maximum absolute atomic E-state index is 13.1. The first-order chi connectivity index (χ1) is 12.7. The van der Waals surface area contributed by atoms with E-state index in [4.69, 9.17) is 4.74 Å². The molecule has 1 saturated heterocycles. The summed E-state index contributed by atoms with van der Waals surface area (Å²) < 4.78 is 56.2. The second-order valence-corrected chi connectivity index (χ2v) is 5.96. The fourth-order valence-electron chi connectivity index (χ4n) is 2.94. The van der Waals surface area contributed by atoms with Crippen LogP contribution in [0.15, 0.2) is 48.5 Å². The normalized spacial score (nSPS) is 19.9. The lowest BCUT2D eigenvalue weighted by Gasteiger charge is -2.25. The number of carbonyl (C=O) groups excluding carboxylic acids is 2. The molecule has 0 aromatic heterocycles. The Morgan fingerprint density at radius 2 is 1.67 bits per heavy atom. The molecule has 9 heteroatoms. The van der Waals surface area contributed by atoms with Crippen molar-refractivity contribution in [2.75, 3.05) is 0 Å². The lowest BCUT2D eigenvalue weighted by atomic mass is 9.95. The molecule has 3 rings (SSSR count). The fourth-order valence-corrected chi connectivity index (χ4v) is 2.94. The van der Waals surface area contributed by atoms with Gasteiger partial charge in [-0.25, -0.2) is 9.18 Å². The molecule has 2 amide bonds. The van der Waals surface area contributed by atoms with Crippen molar-refractivity contribution in [3.63, 3.8) is 0 Å². The molecule has 0 bridgehead atoms. The number of carbonyl (C=O) groups is 2. The zero-order valence-corrected chi connectivity index (χ0v) is 13.6. The van der Waals surface area contributed by atoms with Crippen molar-refractivity contribution < 1.29 is 37.0 Å². The number of hydrogen-bond acceptors (Lipinski definition) is 4. The molecule has 0 radical (unpaired) electrons. The molecule has 2 unspecified atom stereocenters. The van der Waals surface area contributed by atoms with Gasteiger partial charge in [-0.2, -0.15) is 13.2 Å². The van der Waals surface area contributed by atoms with E-state index in [0.29, 0.717) is 16.0 Å². The van der Waals surface area contributed by atoms with Gasteiger partial charge in [0.1, 0.15) is 18.0 Å². The number of hydrogen-bond donors (Lipinski definition) is 0. The molecule has 27 heavy (non-hydrogen) atoms. The Balaban J connectivity index is 1.91. The third-order valence-electron chi connectivity index (χ3n) is 4.23. The summed E-state index contributed by atoms with van der Waals surface area (Å²) in [6.45, 7) is 0. The Hall–Kier alpha value is -3.10. The molecular weight excluding hydrogens is 370 g/mol. The minimum atomic E-state index is -4.50. The average Bonchev–Trinajstić information content (AvgIpc) is 2.91. The Kier molecular flexibility index (Phi) is 4.77.